The molecule has 0 amide bonds. The van der Waals surface area contributed by atoms with E-state index >= 15 is 0 Å². The molecule has 0 saturated heterocycles. The Labute approximate surface area is 154 Å². The van der Waals surface area contributed by atoms with Crippen LogP contribution in [-0.2, 0) is 0 Å². The minimum atomic E-state index is -0.417. The zero-order valence-corrected chi connectivity index (χ0v) is 15.3. The lowest BCUT2D eigenvalue weighted by Gasteiger charge is -2.15. The average molecular weight is 395 g/mol. The van der Waals surface area contributed by atoms with Gasteiger partial charge in [-0.2, -0.15) is 0 Å². The van der Waals surface area contributed by atoms with Gasteiger partial charge in [-0.25, -0.2) is 4.39 Å². The van der Waals surface area contributed by atoms with Crippen molar-refractivity contribution in [1.29, 1.82) is 0 Å². The molecule has 23 heavy (non-hydrogen) atoms. The fourth-order valence-corrected chi connectivity index (χ4v) is 3.33. The SMILES string of the molecule is CC(CNSc1ccc(F)c(Cl)c1)CNc1c(Cl)cncc1Cl. The van der Waals surface area contributed by atoms with E-state index in [2.05, 4.69) is 21.9 Å². The van der Waals surface area contributed by atoms with E-state index in [1.165, 1.54) is 18.0 Å². The van der Waals surface area contributed by atoms with E-state index in [0.29, 0.717) is 28.2 Å². The minimum absolute atomic E-state index is 0.119. The molecule has 1 heterocycles. The lowest BCUT2D eigenvalue weighted by atomic mass is 10.2. The van der Waals surface area contributed by atoms with Gasteiger partial charge in [0, 0.05) is 30.4 Å². The van der Waals surface area contributed by atoms with Crippen LogP contribution in [0.2, 0.25) is 15.1 Å². The molecule has 1 atom stereocenters. The Bertz CT molecular complexity index is 652. The average Bonchev–Trinajstić information content (AvgIpc) is 2.50. The summed E-state index contributed by atoms with van der Waals surface area (Å²) < 4.78 is 16.3. The molecular formula is C15H15Cl3FN3S. The maximum atomic E-state index is 13.1. The third-order valence-electron chi connectivity index (χ3n) is 2.99. The highest BCUT2D eigenvalue weighted by atomic mass is 35.5. The maximum absolute atomic E-state index is 13.1. The predicted molar refractivity (Wildman–Crippen MR) is 97.2 cm³/mol. The Balaban J connectivity index is 1.77. The third kappa shape index (κ3) is 5.69. The van der Waals surface area contributed by atoms with E-state index in [1.807, 2.05) is 0 Å². The Morgan fingerprint density at radius 3 is 2.48 bits per heavy atom. The Morgan fingerprint density at radius 1 is 1.13 bits per heavy atom. The highest BCUT2D eigenvalue weighted by molar-refractivity contribution is 7.97. The van der Waals surface area contributed by atoms with Gasteiger partial charge in [0.2, 0.25) is 0 Å². The van der Waals surface area contributed by atoms with Gasteiger partial charge in [-0.05, 0) is 36.1 Å². The van der Waals surface area contributed by atoms with Crippen LogP contribution in [0, 0.1) is 11.7 Å². The number of nitrogens with one attached hydrogen (secondary N) is 2. The van der Waals surface area contributed by atoms with Gasteiger partial charge in [0.15, 0.2) is 0 Å². The van der Waals surface area contributed by atoms with Crippen molar-refractivity contribution in [2.24, 2.45) is 5.92 Å². The van der Waals surface area contributed by atoms with Crippen LogP contribution < -0.4 is 10.0 Å². The number of anilines is 1. The second-order valence-corrected chi connectivity index (χ2v) is 7.18. The van der Waals surface area contributed by atoms with E-state index in [1.54, 1.807) is 24.5 Å². The van der Waals surface area contributed by atoms with Crippen LogP contribution in [0.4, 0.5) is 10.1 Å². The molecule has 8 heteroatoms. The molecule has 0 aliphatic heterocycles. The molecule has 124 valence electrons. The molecule has 1 aromatic carbocycles. The summed E-state index contributed by atoms with van der Waals surface area (Å²) in [6.07, 6.45) is 3.10. The molecule has 0 radical (unpaired) electrons. The quantitative estimate of drug-likeness (QED) is 0.606. The van der Waals surface area contributed by atoms with Gasteiger partial charge in [-0.1, -0.05) is 41.7 Å². The van der Waals surface area contributed by atoms with Crippen LogP contribution >= 0.6 is 46.8 Å². The maximum Gasteiger partial charge on any atom is 0.141 e. The van der Waals surface area contributed by atoms with E-state index in [4.69, 9.17) is 34.8 Å². The molecule has 0 aliphatic carbocycles. The molecule has 3 nitrogen and oxygen atoms in total. The number of pyridine rings is 1. The van der Waals surface area contributed by atoms with Crippen molar-refractivity contribution in [2.45, 2.75) is 11.8 Å². The summed E-state index contributed by atoms with van der Waals surface area (Å²) in [6, 6.07) is 4.62. The van der Waals surface area contributed by atoms with Crippen molar-refractivity contribution in [1.82, 2.24) is 9.71 Å². The summed E-state index contributed by atoms with van der Waals surface area (Å²) in [7, 11) is 0. The monoisotopic (exact) mass is 393 g/mol. The predicted octanol–water partition coefficient (Wildman–Crippen LogP) is 5.53. The van der Waals surface area contributed by atoms with Gasteiger partial charge in [-0.15, -0.1) is 0 Å². The van der Waals surface area contributed by atoms with Gasteiger partial charge < -0.3 is 5.32 Å². The molecule has 1 unspecified atom stereocenters. The normalized spacial score (nSPS) is 12.2. The Hall–Kier alpha value is -0.720. The molecule has 0 fully saturated rings. The van der Waals surface area contributed by atoms with Crippen molar-refractivity contribution < 1.29 is 4.39 Å². The zero-order valence-electron chi connectivity index (χ0n) is 12.2. The number of aromatic nitrogens is 1. The second-order valence-electron chi connectivity index (χ2n) is 4.99. The Morgan fingerprint density at radius 2 is 1.83 bits per heavy atom. The number of nitrogens with zero attached hydrogens (tertiary/aromatic N) is 1. The summed E-state index contributed by atoms with van der Waals surface area (Å²) in [4.78, 5) is 4.77. The topological polar surface area (TPSA) is 37.0 Å². The van der Waals surface area contributed by atoms with Gasteiger partial charge in [-0.3, -0.25) is 9.71 Å². The number of benzene rings is 1. The first-order valence-corrected chi connectivity index (χ1v) is 8.80. The van der Waals surface area contributed by atoms with Gasteiger partial charge >= 0.3 is 0 Å². The van der Waals surface area contributed by atoms with Gasteiger partial charge in [0.25, 0.3) is 0 Å². The number of hydrogen-bond donors (Lipinski definition) is 2. The summed E-state index contributed by atoms with van der Waals surface area (Å²) in [5.41, 5.74) is 0.688. The van der Waals surface area contributed by atoms with Crippen LogP contribution in [0.3, 0.4) is 0 Å². The van der Waals surface area contributed by atoms with Crippen molar-refractivity contribution in [3.8, 4) is 0 Å². The smallest absolute Gasteiger partial charge is 0.141 e. The first-order chi connectivity index (χ1) is 11.0. The second kappa shape index (κ2) is 8.94. The highest BCUT2D eigenvalue weighted by Crippen LogP contribution is 2.28. The van der Waals surface area contributed by atoms with E-state index < -0.39 is 5.82 Å². The number of rotatable bonds is 7. The van der Waals surface area contributed by atoms with Crippen LogP contribution in [0.25, 0.3) is 0 Å². The lowest BCUT2D eigenvalue weighted by molar-refractivity contribution is 0.607. The largest absolute Gasteiger partial charge is 0.382 e. The fraction of sp³-hybridized carbons (Fsp3) is 0.267. The van der Waals surface area contributed by atoms with Crippen LogP contribution in [0.5, 0.6) is 0 Å². The van der Waals surface area contributed by atoms with Crippen LogP contribution in [-0.4, -0.2) is 18.1 Å². The molecule has 0 spiro atoms. The van der Waals surface area contributed by atoms with Crippen LogP contribution in [0.15, 0.2) is 35.5 Å². The van der Waals surface area contributed by atoms with Gasteiger partial charge in [0.05, 0.1) is 20.8 Å². The van der Waals surface area contributed by atoms with Crippen molar-refractivity contribution >= 4 is 52.4 Å². The molecule has 2 rings (SSSR count). The minimum Gasteiger partial charge on any atom is -0.382 e. The van der Waals surface area contributed by atoms with Crippen molar-refractivity contribution in [3.05, 3.63) is 51.5 Å². The molecule has 0 saturated carbocycles. The van der Waals surface area contributed by atoms with Crippen LogP contribution in [0.1, 0.15) is 6.92 Å². The van der Waals surface area contributed by atoms with Crippen molar-refractivity contribution in [2.75, 3.05) is 18.4 Å². The standard InChI is InChI=1S/C15H15Cl3FN3S/c1-9(5-21-15-12(17)7-20-8-13(15)18)6-22-23-10-2-3-14(19)11(16)4-10/h2-4,7-9,22H,5-6H2,1H3,(H,20,21). The fourth-order valence-electron chi connectivity index (χ4n) is 1.74. The van der Waals surface area contributed by atoms with Crippen molar-refractivity contribution in [3.63, 3.8) is 0 Å². The third-order valence-corrected chi connectivity index (χ3v) is 4.66. The molecule has 2 N–H and O–H groups in total. The summed E-state index contributed by atoms with van der Waals surface area (Å²) >= 11 is 19.3. The first-order valence-electron chi connectivity index (χ1n) is 6.85. The molecule has 2 aromatic rings. The number of hydrogen-bond acceptors (Lipinski definition) is 4. The van der Waals surface area contributed by atoms with Gasteiger partial charge in [0.1, 0.15) is 5.82 Å². The first kappa shape index (κ1) is 18.6. The zero-order chi connectivity index (χ0) is 16.8. The number of halogens is 4. The Kier molecular flexibility index (Phi) is 7.24. The summed E-state index contributed by atoms with van der Waals surface area (Å²) in [5, 5.41) is 4.33. The molecular weight excluding hydrogens is 380 g/mol. The van der Waals surface area contributed by atoms with E-state index in [9.17, 15) is 4.39 Å². The lowest BCUT2D eigenvalue weighted by Crippen LogP contribution is -2.21. The van der Waals surface area contributed by atoms with E-state index in [-0.39, 0.29) is 5.02 Å². The highest BCUT2D eigenvalue weighted by Gasteiger charge is 2.08. The summed E-state index contributed by atoms with van der Waals surface area (Å²) in [6.45, 7) is 3.52. The summed E-state index contributed by atoms with van der Waals surface area (Å²) in [5.74, 6) is -0.0987. The molecule has 0 bridgehead atoms. The van der Waals surface area contributed by atoms with E-state index in [0.717, 1.165) is 11.4 Å². The molecule has 1 aromatic heterocycles. The molecule has 0 aliphatic rings.